The van der Waals surface area contributed by atoms with Crippen LogP contribution >= 0.6 is 34.4 Å². The van der Waals surface area contributed by atoms with Gasteiger partial charge in [0.05, 0.1) is 23.2 Å². The number of benzene rings is 2. The first kappa shape index (κ1) is 22.1. The second-order valence-corrected chi connectivity index (χ2v) is 8.63. The highest BCUT2D eigenvalue weighted by Gasteiger charge is 2.15. The summed E-state index contributed by atoms with van der Waals surface area (Å²) in [4.78, 5) is 16.9. The van der Waals surface area contributed by atoms with E-state index in [4.69, 9.17) is 14.5 Å². The van der Waals surface area contributed by atoms with Gasteiger partial charge in [-0.2, -0.15) is 0 Å². The molecule has 3 aromatic rings. The van der Waals surface area contributed by atoms with Crippen LogP contribution in [0.3, 0.4) is 0 Å². The van der Waals surface area contributed by atoms with Gasteiger partial charge in [-0.05, 0) is 78.8 Å². The van der Waals surface area contributed by atoms with E-state index in [0.717, 1.165) is 48.1 Å². The van der Waals surface area contributed by atoms with Crippen LogP contribution in [0, 0.1) is 3.57 Å². The van der Waals surface area contributed by atoms with Crippen molar-refractivity contribution in [3.05, 3.63) is 57.2 Å². The number of halogens is 1. The molecule has 7 heteroatoms. The minimum atomic E-state index is -0.312. The Kier molecular flexibility index (Phi) is 8.38. The zero-order valence-electron chi connectivity index (χ0n) is 16.7. The van der Waals surface area contributed by atoms with Crippen molar-refractivity contribution in [3.8, 4) is 0 Å². The molecule has 0 bridgehead atoms. The summed E-state index contributed by atoms with van der Waals surface area (Å²) >= 11 is 4.05. The number of fused-ring (bicyclic) bond motifs is 1. The molecular weight excluding hydrogens is 499 g/mol. The summed E-state index contributed by atoms with van der Waals surface area (Å²) in [6, 6.07) is 14.1. The molecule has 0 amide bonds. The number of rotatable bonds is 10. The summed E-state index contributed by atoms with van der Waals surface area (Å²) in [6.45, 7) is 6.44. The van der Waals surface area contributed by atoms with E-state index in [1.54, 1.807) is 11.8 Å². The molecule has 0 fully saturated rings. The van der Waals surface area contributed by atoms with Crippen LogP contribution in [0.25, 0.3) is 11.0 Å². The zero-order chi connectivity index (χ0) is 20.6. The topological polar surface area (TPSA) is 53.4 Å². The average Bonchev–Trinajstić information content (AvgIpc) is 3.06. The molecule has 0 aliphatic heterocycles. The van der Waals surface area contributed by atoms with Gasteiger partial charge in [-0.15, -0.1) is 0 Å². The Labute approximate surface area is 189 Å². The van der Waals surface area contributed by atoms with E-state index in [0.29, 0.717) is 12.2 Å². The van der Waals surface area contributed by atoms with Gasteiger partial charge < -0.3 is 14.0 Å². The molecule has 0 unspecified atom stereocenters. The molecule has 0 saturated carbocycles. The van der Waals surface area contributed by atoms with E-state index in [1.165, 1.54) is 9.13 Å². The van der Waals surface area contributed by atoms with Gasteiger partial charge in [-0.1, -0.05) is 23.9 Å². The van der Waals surface area contributed by atoms with Crippen LogP contribution in [0.5, 0.6) is 0 Å². The Bertz CT molecular complexity index is 974. The maximum Gasteiger partial charge on any atom is 0.338 e. The second-order valence-electron chi connectivity index (χ2n) is 6.44. The molecule has 0 saturated heterocycles. The van der Waals surface area contributed by atoms with Crippen LogP contribution in [-0.4, -0.2) is 35.3 Å². The summed E-state index contributed by atoms with van der Waals surface area (Å²) in [7, 11) is 0. The number of carbonyl (C=O) groups excluding carboxylic acids is 1. The molecule has 5 nitrogen and oxygen atoms in total. The summed E-state index contributed by atoms with van der Waals surface area (Å²) in [5.41, 5.74) is 3.64. The first-order valence-electron chi connectivity index (χ1n) is 9.74. The maximum absolute atomic E-state index is 12.1. The van der Waals surface area contributed by atoms with Gasteiger partial charge in [-0.3, -0.25) is 0 Å². The fourth-order valence-electron chi connectivity index (χ4n) is 3.02. The van der Waals surface area contributed by atoms with Gasteiger partial charge in [0.15, 0.2) is 5.16 Å². The first-order valence-corrected chi connectivity index (χ1v) is 11.8. The Morgan fingerprint density at radius 3 is 2.79 bits per heavy atom. The van der Waals surface area contributed by atoms with Crippen molar-refractivity contribution in [3.63, 3.8) is 0 Å². The van der Waals surface area contributed by atoms with Gasteiger partial charge in [0.25, 0.3) is 0 Å². The molecule has 2 aromatic carbocycles. The largest absolute Gasteiger partial charge is 0.462 e. The van der Waals surface area contributed by atoms with Crippen molar-refractivity contribution in [2.45, 2.75) is 37.7 Å². The van der Waals surface area contributed by atoms with E-state index in [2.05, 4.69) is 51.4 Å². The molecule has 0 aliphatic carbocycles. The SMILES string of the molecule is CCOCCCn1c(SCc2cccc(I)c2)nc2cc(C(=O)OCC)ccc21. The number of ether oxygens (including phenoxy) is 2. The molecule has 0 radical (unpaired) electrons. The first-order chi connectivity index (χ1) is 14.1. The van der Waals surface area contributed by atoms with Crippen LogP contribution in [0.4, 0.5) is 0 Å². The van der Waals surface area contributed by atoms with Crippen molar-refractivity contribution in [1.29, 1.82) is 0 Å². The number of thioether (sulfide) groups is 1. The van der Waals surface area contributed by atoms with Crippen LogP contribution in [0.2, 0.25) is 0 Å². The normalized spacial score (nSPS) is 11.1. The van der Waals surface area contributed by atoms with Crippen molar-refractivity contribution in [2.24, 2.45) is 0 Å². The molecule has 0 spiro atoms. The lowest BCUT2D eigenvalue weighted by molar-refractivity contribution is 0.0526. The van der Waals surface area contributed by atoms with Crippen molar-refractivity contribution in [2.75, 3.05) is 19.8 Å². The van der Waals surface area contributed by atoms with E-state index >= 15 is 0 Å². The number of carbonyl (C=O) groups is 1. The minimum absolute atomic E-state index is 0.312. The molecule has 0 atom stereocenters. The number of hydrogen-bond acceptors (Lipinski definition) is 5. The lowest BCUT2D eigenvalue weighted by Gasteiger charge is -2.09. The third kappa shape index (κ3) is 5.96. The molecule has 0 N–H and O–H groups in total. The van der Waals surface area contributed by atoms with Gasteiger partial charge in [-0.25, -0.2) is 9.78 Å². The second kappa shape index (κ2) is 11.0. The third-order valence-electron chi connectivity index (χ3n) is 4.36. The number of esters is 1. The van der Waals surface area contributed by atoms with Gasteiger partial charge in [0.2, 0.25) is 0 Å². The van der Waals surface area contributed by atoms with Crippen LogP contribution in [0.1, 0.15) is 36.2 Å². The number of nitrogens with zero attached hydrogens (tertiary/aromatic N) is 2. The average molecular weight is 524 g/mol. The Morgan fingerprint density at radius 1 is 1.17 bits per heavy atom. The number of imidazole rings is 1. The summed E-state index contributed by atoms with van der Waals surface area (Å²) in [5, 5.41) is 0.955. The van der Waals surface area contributed by atoms with E-state index in [1.807, 2.05) is 32.0 Å². The summed E-state index contributed by atoms with van der Waals surface area (Å²) < 4.78 is 14.1. The Balaban J connectivity index is 1.86. The maximum atomic E-state index is 12.1. The zero-order valence-corrected chi connectivity index (χ0v) is 19.7. The quantitative estimate of drug-likeness (QED) is 0.151. The van der Waals surface area contributed by atoms with E-state index < -0.39 is 0 Å². The van der Waals surface area contributed by atoms with Crippen molar-refractivity contribution < 1.29 is 14.3 Å². The molecule has 3 rings (SSSR count). The van der Waals surface area contributed by atoms with E-state index in [9.17, 15) is 4.79 Å². The summed E-state index contributed by atoms with van der Waals surface area (Å²) in [6.07, 6.45) is 0.912. The van der Waals surface area contributed by atoms with Crippen molar-refractivity contribution >= 4 is 51.4 Å². The molecule has 154 valence electrons. The number of aryl methyl sites for hydroxylation is 1. The van der Waals surface area contributed by atoms with Crippen LogP contribution in [-0.2, 0) is 21.8 Å². The summed E-state index contributed by atoms with van der Waals surface area (Å²) in [5.74, 6) is 0.532. The van der Waals surface area contributed by atoms with Gasteiger partial charge >= 0.3 is 5.97 Å². The Morgan fingerprint density at radius 2 is 2.03 bits per heavy atom. The van der Waals surface area contributed by atoms with Crippen molar-refractivity contribution in [1.82, 2.24) is 9.55 Å². The number of hydrogen-bond donors (Lipinski definition) is 0. The molecule has 1 heterocycles. The van der Waals surface area contributed by atoms with E-state index in [-0.39, 0.29) is 5.97 Å². The fourth-order valence-corrected chi connectivity index (χ4v) is 4.61. The highest BCUT2D eigenvalue weighted by Crippen LogP contribution is 2.28. The third-order valence-corrected chi connectivity index (χ3v) is 6.07. The predicted molar refractivity (Wildman–Crippen MR) is 126 cm³/mol. The number of aromatic nitrogens is 2. The fraction of sp³-hybridized carbons (Fsp3) is 0.364. The monoisotopic (exact) mass is 524 g/mol. The van der Waals surface area contributed by atoms with Crippen LogP contribution in [0.15, 0.2) is 47.6 Å². The van der Waals surface area contributed by atoms with Gasteiger partial charge in [0.1, 0.15) is 0 Å². The van der Waals surface area contributed by atoms with Crippen LogP contribution < -0.4 is 0 Å². The lowest BCUT2D eigenvalue weighted by Crippen LogP contribution is -2.05. The molecule has 29 heavy (non-hydrogen) atoms. The molecule has 0 aliphatic rings. The molecule has 1 aromatic heterocycles. The highest BCUT2D eigenvalue weighted by atomic mass is 127. The minimum Gasteiger partial charge on any atom is -0.462 e. The predicted octanol–water partition coefficient (Wildman–Crippen LogP) is 5.54. The Hall–Kier alpha value is -1.58. The highest BCUT2D eigenvalue weighted by molar-refractivity contribution is 14.1. The molecular formula is C22H25IN2O3S. The van der Waals surface area contributed by atoms with Gasteiger partial charge in [0, 0.05) is 29.1 Å². The lowest BCUT2D eigenvalue weighted by atomic mass is 10.2. The smallest absolute Gasteiger partial charge is 0.338 e. The standard InChI is InChI=1S/C22H25IN2O3S/c1-3-27-12-6-11-25-20-10-9-17(21(26)28-4-2)14-19(20)24-22(25)29-15-16-7-5-8-18(23)13-16/h5,7-10,13-14H,3-4,6,11-12,15H2,1-2H3.